The molecule has 2 aromatic rings. The minimum Gasteiger partial charge on any atom is -0.496 e. The summed E-state index contributed by atoms with van der Waals surface area (Å²) in [6.07, 6.45) is 5.42. The van der Waals surface area contributed by atoms with E-state index in [-0.39, 0.29) is 11.8 Å². The molecular formula is C26H31Cl6N3O2. The van der Waals surface area contributed by atoms with E-state index in [4.69, 9.17) is 74.3 Å². The maximum absolute atomic E-state index is 12.2. The number of benzene rings is 2. The summed E-state index contributed by atoms with van der Waals surface area (Å²) < 4.78 is 2.14. The van der Waals surface area contributed by atoms with Crippen molar-refractivity contribution in [1.82, 2.24) is 15.5 Å². The second-order valence-electron chi connectivity index (χ2n) is 9.77. The Labute approximate surface area is 248 Å². The Kier molecular flexibility index (Phi) is 9.75. The molecule has 1 saturated heterocycles. The van der Waals surface area contributed by atoms with Crippen LogP contribution in [0.25, 0.3) is 10.8 Å². The molecule has 2 fully saturated rings. The number of carbonyl (C=O) groups is 1. The zero-order valence-corrected chi connectivity index (χ0v) is 25.2. The quantitative estimate of drug-likeness (QED) is 0.265. The van der Waals surface area contributed by atoms with Crippen LogP contribution in [0.1, 0.15) is 74.0 Å². The Morgan fingerprint density at radius 3 is 1.95 bits per heavy atom. The smallest absolute Gasteiger partial charge is 0.218 e. The number of alkyl halides is 6. The minimum atomic E-state index is -1.72. The summed E-state index contributed by atoms with van der Waals surface area (Å²) in [5.74, 6) is 0.630. The molecule has 4 rings (SSSR count). The summed E-state index contributed by atoms with van der Waals surface area (Å²) in [6.45, 7) is 1.53. The molecular weight excluding hydrogens is 599 g/mol. The molecule has 2 aliphatic rings. The SMILES string of the molecule is COc1ccc(C2NC(C(Cl)(Cl)Cl)N(C3CCCCCCC3)C(C(Cl)(Cl)Cl)N2)c2cc(C(C)=O)ccc12. The molecule has 2 unspecified atom stereocenters. The van der Waals surface area contributed by atoms with Crippen molar-refractivity contribution in [2.45, 2.75) is 84.0 Å². The molecule has 1 heterocycles. The Bertz CT molecular complexity index is 1090. The highest BCUT2D eigenvalue weighted by Gasteiger charge is 2.53. The Morgan fingerprint density at radius 2 is 1.43 bits per heavy atom. The van der Waals surface area contributed by atoms with Gasteiger partial charge in [-0.25, -0.2) is 0 Å². The molecule has 1 saturated carbocycles. The molecule has 204 valence electrons. The Hall–Kier alpha value is -0.210. The minimum absolute atomic E-state index is 0.0472. The lowest BCUT2D eigenvalue weighted by molar-refractivity contribution is -0.0200. The Morgan fingerprint density at radius 1 is 0.865 bits per heavy atom. The number of halogens is 6. The van der Waals surface area contributed by atoms with Crippen LogP contribution in [0, 0.1) is 0 Å². The number of Topliss-reactive ketones (excluding diaryl/α,β-unsaturated/α-hetero) is 1. The first kappa shape index (κ1) is 29.8. The van der Waals surface area contributed by atoms with Crippen LogP contribution in [0.3, 0.4) is 0 Å². The zero-order chi connectivity index (χ0) is 27.0. The summed E-state index contributed by atoms with van der Waals surface area (Å²) in [5.41, 5.74) is 1.39. The number of ketones is 1. The van der Waals surface area contributed by atoms with Crippen molar-refractivity contribution >= 4 is 86.2 Å². The number of hydrogen-bond donors (Lipinski definition) is 2. The first-order chi connectivity index (χ1) is 17.4. The molecule has 1 aliphatic carbocycles. The molecule has 0 aromatic heterocycles. The van der Waals surface area contributed by atoms with Crippen LogP contribution in [0.5, 0.6) is 5.75 Å². The lowest BCUT2D eigenvalue weighted by atomic mass is 9.93. The van der Waals surface area contributed by atoms with Gasteiger partial charge in [-0.1, -0.05) is 114 Å². The number of nitrogens with one attached hydrogen (secondary N) is 2. The van der Waals surface area contributed by atoms with Crippen LogP contribution in [0.4, 0.5) is 0 Å². The van der Waals surface area contributed by atoms with Crippen molar-refractivity contribution in [2.75, 3.05) is 7.11 Å². The van der Waals surface area contributed by atoms with Crippen LogP contribution in [-0.4, -0.2) is 43.8 Å². The number of fused-ring (bicyclic) bond motifs is 1. The summed E-state index contributed by atoms with van der Waals surface area (Å²) in [4.78, 5) is 14.2. The maximum Gasteiger partial charge on any atom is 0.218 e. The summed E-state index contributed by atoms with van der Waals surface area (Å²) in [6, 6.07) is 9.32. The number of carbonyl (C=O) groups excluding carboxylic acids is 1. The molecule has 11 heteroatoms. The third kappa shape index (κ3) is 6.75. The summed E-state index contributed by atoms with van der Waals surface area (Å²) in [7, 11) is 1.61. The molecule has 0 radical (unpaired) electrons. The fourth-order valence-electron chi connectivity index (χ4n) is 5.54. The van der Waals surface area contributed by atoms with Crippen LogP contribution in [-0.2, 0) is 0 Å². The van der Waals surface area contributed by atoms with Gasteiger partial charge in [-0.3, -0.25) is 20.3 Å². The van der Waals surface area contributed by atoms with Crippen LogP contribution >= 0.6 is 69.6 Å². The second kappa shape index (κ2) is 12.1. The highest BCUT2D eigenvalue weighted by molar-refractivity contribution is 6.68. The monoisotopic (exact) mass is 627 g/mol. The van der Waals surface area contributed by atoms with Crippen molar-refractivity contribution in [2.24, 2.45) is 0 Å². The largest absolute Gasteiger partial charge is 0.496 e. The van der Waals surface area contributed by atoms with Gasteiger partial charge in [0.05, 0.1) is 13.3 Å². The van der Waals surface area contributed by atoms with Gasteiger partial charge in [0.25, 0.3) is 0 Å². The van der Waals surface area contributed by atoms with Gasteiger partial charge in [0.2, 0.25) is 7.59 Å². The number of methoxy groups -OCH3 is 1. The topological polar surface area (TPSA) is 53.6 Å². The van der Waals surface area contributed by atoms with E-state index in [0.717, 1.165) is 54.9 Å². The summed E-state index contributed by atoms with van der Waals surface area (Å²) >= 11 is 39.6. The standard InChI is InChI=1S/C26H31Cl6N3O2/c1-15(36)16-10-11-18-20(14-16)19(12-13-21(18)37-2)22-33-23(25(27,28)29)35(24(34-22)26(30,31)32)17-8-6-4-3-5-7-9-17/h10-14,17,22-24,33-34H,3-9H2,1-2H3. The van der Waals surface area contributed by atoms with E-state index in [2.05, 4.69) is 10.6 Å². The van der Waals surface area contributed by atoms with Gasteiger partial charge in [-0.15, -0.1) is 0 Å². The molecule has 2 N–H and O–H groups in total. The van der Waals surface area contributed by atoms with Gasteiger partial charge < -0.3 is 4.74 Å². The van der Waals surface area contributed by atoms with Crippen LogP contribution < -0.4 is 15.4 Å². The van der Waals surface area contributed by atoms with Gasteiger partial charge in [-0.2, -0.15) is 0 Å². The van der Waals surface area contributed by atoms with Gasteiger partial charge in [0.15, 0.2) is 5.78 Å². The molecule has 0 amide bonds. The average molecular weight is 630 g/mol. The average Bonchev–Trinajstić information content (AvgIpc) is 2.81. The third-order valence-electron chi connectivity index (χ3n) is 7.31. The zero-order valence-electron chi connectivity index (χ0n) is 20.7. The number of ether oxygens (including phenoxy) is 1. The fourth-order valence-corrected chi connectivity index (χ4v) is 6.59. The van der Waals surface area contributed by atoms with Crippen molar-refractivity contribution in [3.63, 3.8) is 0 Å². The van der Waals surface area contributed by atoms with Gasteiger partial charge in [0, 0.05) is 17.0 Å². The first-order valence-corrected chi connectivity index (χ1v) is 14.7. The van der Waals surface area contributed by atoms with Crippen molar-refractivity contribution in [3.05, 3.63) is 41.5 Å². The van der Waals surface area contributed by atoms with Crippen molar-refractivity contribution in [3.8, 4) is 5.75 Å². The number of hydrogen-bond acceptors (Lipinski definition) is 5. The van der Waals surface area contributed by atoms with E-state index in [1.165, 1.54) is 13.3 Å². The summed E-state index contributed by atoms with van der Waals surface area (Å²) in [5, 5.41) is 8.63. The predicted molar refractivity (Wildman–Crippen MR) is 156 cm³/mol. The predicted octanol–water partition coefficient (Wildman–Crippen LogP) is 8.05. The van der Waals surface area contributed by atoms with Gasteiger partial charge >= 0.3 is 0 Å². The van der Waals surface area contributed by atoms with E-state index in [9.17, 15) is 4.79 Å². The normalized spacial score (nSPS) is 25.0. The number of rotatable bonds is 4. The van der Waals surface area contributed by atoms with E-state index in [1.54, 1.807) is 13.2 Å². The molecule has 37 heavy (non-hydrogen) atoms. The van der Waals surface area contributed by atoms with E-state index in [0.29, 0.717) is 11.3 Å². The fraction of sp³-hybridized carbons (Fsp3) is 0.577. The molecule has 0 bridgehead atoms. The highest BCUT2D eigenvalue weighted by atomic mass is 35.6. The first-order valence-electron chi connectivity index (χ1n) is 12.5. The maximum atomic E-state index is 12.2. The highest BCUT2D eigenvalue weighted by Crippen LogP contribution is 2.45. The van der Waals surface area contributed by atoms with Crippen LogP contribution in [0.15, 0.2) is 30.3 Å². The lowest BCUT2D eigenvalue weighted by Gasteiger charge is -2.54. The van der Waals surface area contributed by atoms with E-state index < -0.39 is 26.1 Å². The van der Waals surface area contributed by atoms with Crippen molar-refractivity contribution in [1.29, 1.82) is 0 Å². The molecule has 0 spiro atoms. The van der Waals surface area contributed by atoms with Gasteiger partial charge in [-0.05, 0) is 48.9 Å². The third-order valence-corrected chi connectivity index (χ3v) is 8.55. The van der Waals surface area contributed by atoms with E-state index in [1.807, 2.05) is 29.2 Å². The lowest BCUT2D eigenvalue weighted by Crippen LogP contribution is -2.73. The van der Waals surface area contributed by atoms with Crippen molar-refractivity contribution < 1.29 is 9.53 Å². The molecule has 2 aromatic carbocycles. The number of nitrogens with zero attached hydrogens (tertiary/aromatic N) is 1. The molecule has 2 atom stereocenters. The van der Waals surface area contributed by atoms with Gasteiger partial charge in [0.1, 0.15) is 18.1 Å². The molecule has 1 aliphatic heterocycles. The molecule has 5 nitrogen and oxygen atoms in total. The van der Waals surface area contributed by atoms with E-state index >= 15 is 0 Å². The second-order valence-corrected chi connectivity index (χ2v) is 14.5. The Balaban J connectivity index is 1.82. The van der Waals surface area contributed by atoms with Crippen LogP contribution in [0.2, 0.25) is 0 Å².